The standard InChI is InChI=1S/C12H13Br2NO3/c1-2-18-11(17)7-6-10(16)15-12-8(13)4-3-5-9(12)14/h3-5H,2,6-7H2,1H3,(H,15,16). The van der Waals surface area contributed by atoms with Gasteiger partial charge in [0.15, 0.2) is 0 Å². The minimum absolute atomic E-state index is 0.0851. The number of carbonyl (C=O) groups is 2. The van der Waals surface area contributed by atoms with Gasteiger partial charge < -0.3 is 10.1 Å². The lowest BCUT2D eigenvalue weighted by molar-refractivity contribution is -0.144. The highest BCUT2D eigenvalue weighted by molar-refractivity contribution is 9.11. The molecule has 0 heterocycles. The number of ether oxygens (including phenoxy) is 1. The normalized spacial score (nSPS) is 9.94. The van der Waals surface area contributed by atoms with E-state index >= 15 is 0 Å². The van der Waals surface area contributed by atoms with Crippen molar-refractivity contribution >= 4 is 49.4 Å². The van der Waals surface area contributed by atoms with Gasteiger partial charge in [-0.25, -0.2) is 0 Å². The zero-order chi connectivity index (χ0) is 13.5. The van der Waals surface area contributed by atoms with Crippen LogP contribution in [0.1, 0.15) is 19.8 Å². The van der Waals surface area contributed by atoms with Crippen molar-refractivity contribution in [1.29, 1.82) is 0 Å². The number of nitrogens with one attached hydrogen (secondary N) is 1. The molecule has 1 N–H and O–H groups in total. The Kier molecular flexibility index (Phi) is 6.35. The van der Waals surface area contributed by atoms with Gasteiger partial charge in [0.1, 0.15) is 0 Å². The van der Waals surface area contributed by atoms with Crippen molar-refractivity contribution in [2.24, 2.45) is 0 Å². The van der Waals surface area contributed by atoms with Crippen LogP contribution >= 0.6 is 31.9 Å². The molecule has 0 saturated heterocycles. The number of amides is 1. The molecule has 18 heavy (non-hydrogen) atoms. The van der Waals surface area contributed by atoms with Gasteiger partial charge in [0, 0.05) is 15.4 Å². The average Bonchev–Trinajstić information content (AvgIpc) is 2.32. The molecule has 1 aromatic carbocycles. The number of benzene rings is 1. The lowest BCUT2D eigenvalue weighted by atomic mass is 10.2. The fourth-order valence-corrected chi connectivity index (χ4v) is 2.46. The molecule has 4 nitrogen and oxygen atoms in total. The second-order valence-corrected chi connectivity index (χ2v) is 5.16. The second-order valence-electron chi connectivity index (χ2n) is 3.45. The van der Waals surface area contributed by atoms with Gasteiger partial charge in [-0.2, -0.15) is 0 Å². The van der Waals surface area contributed by atoms with Crippen molar-refractivity contribution < 1.29 is 14.3 Å². The summed E-state index contributed by atoms with van der Waals surface area (Å²) in [5.41, 5.74) is 0.659. The van der Waals surface area contributed by atoms with Gasteiger partial charge in [-0.3, -0.25) is 9.59 Å². The number of rotatable bonds is 5. The lowest BCUT2D eigenvalue weighted by Gasteiger charge is -2.09. The molecular formula is C12H13Br2NO3. The van der Waals surface area contributed by atoms with Crippen LogP contribution in [0.25, 0.3) is 0 Å². The van der Waals surface area contributed by atoms with Gasteiger partial charge in [0.05, 0.1) is 18.7 Å². The Morgan fingerprint density at radius 3 is 2.39 bits per heavy atom. The molecule has 0 unspecified atom stereocenters. The van der Waals surface area contributed by atoms with E-state index in [9.17, 15) is 9.59 Å². The quantitative estimate of drug-likeness (QED) is 0.798. The Hall–Kier alpha value is -0.880. The van der Waals surface area contributed by atoms with Crippen molar-refractivity contribution in [3.05, 3.63) is 27.1 Å². The summed E-state index contributed by atoms with van der Waals surface area (Å²) in [6.07, 6.45) is 0.189. The number of carbonyl (C=O) groups excluding carboxylic acids is 2. The van der Waals surface area contributed by atoms with Crippen LogP contribution in [-0.2, 0) is 14.3 Å². The number of halogens is 2. The second kappa shape index (κ2) is 7.53. The van der Waals surface area contributed by atoms with E-state index in [1.54, 1.807) is 6.92 Å². The first kappa shape index (κ1) is 15.2. The van der Waals surface area contributed by atoms with Crippen molar-refractivity contribution in [2.75, 3.05) is 11.9 Å². The first-order chi connectivity index (χ1) is 8.54. The molecule has 98 valence electrons. The maximum atomic E-state index is 11.7. The van der Waals surface area contributed by atoms with Crippen LogP contribution in [0.5, 0.6) is 0 Å². The topological polar surface area (TPSA) is 55.4 Å². The molecule has 1 amide bonds. The molecule has 0 aromatic heterocycles. The van der Waals surface area contributed by atoms with Gasteiger partial charge in [0.25, 0.3) is 0 Å². The van der Waals surface area contributed by atoms with Crippen molar-refractivity contribution in [3.8, 4) is 0 Å². The third-order valence-electron chi connectivity index (χ3n) is 2.09. The molecule has 0 aliphatic carbocycles. The van der Waals surface area contributed by atoms with Crippen LogP contribution in [0.4, 0.5) is 5.69 Å². The van der Waals surface area contributed by atoms with Crippen LogP contribution in [0.2, 0.25) is 0 Å². The Labute approximate surface area is 122 Å². The van der Waals surface area contributed by atoms with Crippen LogP contribution in [0.15, 0.2) is 27.1 Å². The summed E-state index contributed by atoms with van der Waals surface area (Å²) in [6, 6.07) is 5.50. The van der Waals surface area contributed by atoms with E-state index in [-0.39, 0.29) is 24.7 Å². The minimum Gasteiger partial charge on any atom is -0.466 e. The molecule has 0 radical (unpaired) electrons. The summed E-state index contributed by atoms with van der Waals surface area (Å²) in [5, 5.41) is 2.74. The summed E-state index contributed by atoms with van der Waals surface area (Å²) in [7, 11) is 0. The zero-order valence-corrected chi connectivity index (χ0v) is 13.0. The molecule has 0 aliphatic rings. The summed E-state index contributed by atoms with van der Waals surface area (Å²) in [5.74, 6) is -0.588. The Morgan fingerprint density at radius 2 is 1.83 bits per heavy atom. The van der Waals surface area contributed by atoms with Crippen LogP contribution in [0, 0.1) is 0 Å². The van der Waals surface area contributed by atoms with Gasteiger partial charge in [0.2, 0.25) is 5.91 Å². The van der Waals surface area contributed by atoms with E-state index in [0.29, 0.717) is 12.3 Å². The fourth-order valence-electron chi connectivity index (χ4n) is 1.27. The molecular weight excluding hydrogens is 366 g/mol. The highest BCUT2D eigenvalue weighted by atomic mass is 79.9. The number of anilines is 1. The van der Waals surface area contributed by atoms with Crippen molar-refractivity contribution in [1.82, 2.24) is 0 Å². The lowest BCUT2D eigenvalue weighted by Crippen LogP contribution is -2.15. The van der Waals surface area contributed by atoms with Crippen molar-refractivity contribution in [3.63, 3.8) is 0 Å². The molecule has 0 fully saturated rings. The Bertz CT molecular complexity index is 429. The van der Waals surface area contributed by atoms with E-state index in [4.69, 9.17) is 4.74 Å². The van der Waals surface area contributed by atoms with E-state index in [1.165, 1.54) is 0 Å². The molecule has 1 aromatic rings. The van der Waals surface area contributed by atoms with E-state index in [1.807, 2.05) is 18.2 Å². The summed E-state index contributed by atoms with van der Waals surface area (Å²) < 4.78 is 6.31. The molecule has 0 bridgehead atoms. The van der Waals surface area contributed by atoms with Gasteiger partial charge in [-0.15, -0.1) is 0 Å². The number of para-hydroxylation sites is 1. The van der Waals surface area contributed by atoms with Crippen LogP contribution in [0.3, 0.4) is 0 Å². The molecule has 6 heteroatoms. The van der Waals surface area contributed by atoms with Gasteiger partial charge in [-0.05, 0) is 50.9 Å². The first-order valence-corrected chi connectivity index (χ1v) is 7.02. The molecule has 0 spiro atoms. The summed E-state index contributed by atoms with van der Waals surface area (Å²) in [4.78, 5) is 22.8. The zero-order valence-electron chi connectivity index (χ0n) is 9.83. The number of hydrogen-bond acceptors (Lipinski definition) is 3. The highest BCUT2D eigenvalue weighted by Gasteiger charge is 2.11. The summed E-state index contributed by atoms with van der Waals surface area (Å²) in [6.45, 7) is 2.06. The van der Waals surface area contributed by atoms with Gasteiger partial charge >= 0.3 is 5.97 Å². The average molecular weight is 379 g/mol. The van der Waals surface area contributed by atoms with Crippen molar-refractivity contribution in [2.45, 2.75) is 19.8 Å². The predicted molar refractivity (Wildman–Crippen MR) is 76.3 cm³/mol. The van der Waals surface area contributed by atoms with E-state index in [2.05, 4.69) is 37.2 Å². The monoisotopic (exact) mass is 377 g/mol. The molecule has 0 saturated carbocycles. The number of hydrogen-bond donors (Lipinski definition) is 1. The molecule has 1 rings (SSSR count). The largest absolute Gasteiger partial charge is 0.466 e. The molecule has 0 atom stereocenters. The third kappa shape index (κ3) is 4.78. The van der Waals surface area contributed by atoms with E-state index < -0.39 is 0 Å². The fraction of sp³-hybridized carbons (Fsp3) is 0.333. The smallest absolute Gasteiger partial charge is 0.306 e. The van der Waals surface area contributed by atoms with E-state index in [0.717, 1.165) is 8.95 Å². The highest BCUT2D eigenvalue weighted by Crippen LogP contribution is 2.30. The Morgan fingerprint density at radius 1 is 1.22 bits per heavy atom. The SMILES string of the molecule is CCOC(=O)CCC(=O)Nc1c(Br)cccc1Br. The molecule has 0 aliphatic heterocycles. The van der Waals surface area contributed by atoms with Crippen LogP contribution < -0.4 is 5.32 Å². The van der Waals surface area contributed by atoms with Crippen LogP contribution in [-0.4, -0.2) is 18.5 Å². The number of esters is 1. The third-order valence-corrected chi connectivity index (χ3v) is 3.41. The predicted octanol–water partition coefficient (Wildman–Crippen LogP) is 3.49. The Balaban J connectivity index is 2.52. The minimum atomic E-state index is -0.362. The maximum Gasteiger partial charge on any atom is 0.306 e. The van der Waals surface area contributed by atoms with Gasteiger partial charge in [-0.1, -0.05) is 6.07 Å². The summed E-state index contributed by atoms with van der Waals surface area (Å²) >= 11 is 6.69. The maximum absolute atomic E-state index is 11.7. The first-order valence-electron chi connectivity index (χ1n) is 5.44.